The van der Waals surface area contributed by atoms with Gasteiger partial charge in [0.2, 0.25) is 0 Å². The van der Waals surface area contributed by atoms with Crippen LogP contribution < -0.4 is 0 Å². The summed E-state index contributed by atoms with van der Waals surface area (Å²) in [5.41, 5.74) is 4.44. The fraction of sp³-hybridized carbons (Fsp3) is 0.481. The number of hydrogen-bond donors (Lipinski definition) is 0. The van der Waals surface area contributed by atoms with Crippen molar-refractivity contribution in [2.45, 2.75) is 77.6 Å². The normalized spacial score (nSPS) is 19.1. The van der Waals surface area contributed by atoms with Crippen molar-refractivity contribution in [3.8, 4) is 11.8 Å². The number of benzene rings is 2. The first-order chi connectivity index (χ1) is 13.7. The molecule has 0 unspecified atom stereocenters. The first-order valence-corrected chi connectivity index (χ1v) is 11.0. The number of aryl methyl sites for hydroxylation is 2. The highest BCUT2D eigenvalue weighted by atomic mass is 19.1. The summed E-state index contributed by atoms with van der Waals surface area (Å²) in [4.78, 5) is 0. The zero-order valence-corrected chi connectivity index (χ0v) is 17.4. The van der Waals surface area contributed by atoms with E-state index >= 15 is 0 Å². The van der Waals surface area contributed by atoms with Crippen LogP contribution in [0.5, 0.6) is 0 Å². The largest absolute Gasteiger partial charge is 0.207 e. The van der Waals surface area contributed by atoms with Gasteiger partial charge in [-0.2, -0.15) is 0 Å². The number of hydrogen-bond acceptors (Lipinski definition) is 0. The molecule has 0 spiro atoms. The zero-order chi connectivity index (χ0) is 19.8. The lowest BCUT2D eigenvalue weighted by Gasteiger charge is -2.26. The Labute approximate surface area is 170 Å². The molecule has 148 valence electrons. The van der Waals surface area contributed by atoms with Gasteiger partial charge in [-0.1, -0.05) is 73.9 Å². The van der Waals surface area contributed by atoms with E-state index in [-0.39, 0.29) is 5.82 Å². The monoisotopic (exact) mass is 376 g/mol. The standard InChI is InChI=1S/C27H33F/c1-3-4-5-6-7-26-19-14-23(20-27(26)28)11-10-22-12-17-25(18-13-22)24-15-8-21(2)9-16-24/h8-9,14-16,19-20,22,25H,3-7,12-13,17-18H2,1-2H3. The molecule has 2 aromatic carbocycles. The highest BCUT2D eigenvalue weighted by Gasteiger charge is 2.21. The summed E-state index contributed by atoms with van der Waals surface area (Å²) >= 11 is 0. The van der Waals surface area contributed by atoms with Gasteiger partial charge in [0.1, 0.15) is 5.82 Å². The van der Waals surface area contributed by atoms with Crippen molar-refractivity contribution in [2.75, 3.05) is 0 Å². The smallest absolute Gasteiger partial charge is 0.127 e. The molecule has 1 fully saturated rings. The van der Waals surface area contributed by atoms with Crippen molar-refractivity contribution in [2.24, 2.45) is 5.92 Å². The molecule has 2 aromatic rings. The van der Waals surface area contributed by atoms with Gasteiger partial charge in [0.25, 0.3) is 0 Å². The second-order valence-corrected chi connectivity index (χ2v) is 8.35. The summed E-state index contributed by atoms with van der Waals surface area (Å²) in [6.45, 7) is 4.33. The van der Waals surface area contributed by atoms with Crippen LogP contribution in [0, 0.1) is 30.5 Å². The van der Waals surface area contributed by atoms with Crippen molar-refractivity contribution >= 4 is 0 Å². The van der Waals surface area contributed by atoms with E-state index in [1.54, 1.807) is 6.07 Å². The maximum absolute atomic E-state index is 14.3. The quantitative estimate of drug-likeness (QED) is 0.360. The maximum atomic E-state index is 14.3. The SMILES string of the molecule is CCCCCCc1ccc(C#CC2CCC(c3ccc(C)cc3)CC2)cc1F. The maximum Gasteiger partial charge on any atom is 0.127 e. The average molecular weight is 377 g/mol. The fourth-order valence-electron chi connectivity index (χ4n) is 4.17. The van der Waals surface area contributed by atoms with Crippen LogP contribution in [0.15, 0.2) is 42.5 Å². The Morgan fingerprint density at radius 1 is 0.929 bits per heavy atom. The predicted molar refractivity (Wildman–Crippen MR) is 117 cm³/mol. The molecule has 0 saturated heterocycles. The summed E-state index contributed by atoms with van der Waals surface area (Å²) in [7, 11) is 0. The average Bonchev–Trinajstić information content (AvgIpc) is 2.72. The van der Waals surface area contributed by atoms with Gasteiger partial charge in [-0.05, 0) is 74.6 Å². The van der Waals surface area contributed by atoms with Crippen molar-refractivity contribution in [1.29, 1.82) is 0 Å². The highest BCUT2D eigenvalue weighted by Crippen LogP contribution is 2.35. The van der Waals surface area contributed by atoms with Crippen LogP contribution in [0.2, 0.25) is 0 Å². The van der Waals surface area contributed by atoms with Crippen molar-refractivity contribution in [3.63, 3.8) is 0 Å². The molecule has 1 heteroatoms. The number of rotatable bonds is 6. The van der Waals surface area contributed by atoms with Gasteiger partial charge >= 0.3 is 0 Å². The molecular formula is C27H33F. The Bertz CT molecular complexity index is 798. The van der Waals surface area contributed by atoms with Crippen LogP contribution in [-0.2, 0) is 6.42 Å². The first-order valence-electron chi connectivity index (χ1n) is 11.0. The van der Waals surface area contributed by atoms with E-state index in [1.807, 2.05) is 12.1 Å². The Kier molecular flexibility index (Phi) is 7.72. The Morgan fingerprint density at radius 2 is 1.68 bits per heavy atom. The van der Waals surface area contributed by atoms with Gasteiger partial charge in [-0.25, -0.2) is 4.39 Å². The molecular weight excluding hydrogens is 343 g/mol. The van der Waals surface area contributed by atoms with Crippen molar-refractivity contribution in [3.05, 3.63) is 70.5 Å². The molecule has 0 aromatic heterocycles. The molecule has 1 aliphatic rings. The molecule has 0 atom stereocenters. The first kappa shape index (κ1) is 20.7. The molecule has 28 heavy (non-hydrogen) atoms. The van der Waals surface area contributed by atoms with Crippen molar-refractivity contribution in [1.82, 2.24) is 0 Å². The van der Waals surface area contributed by atoms with E-state index in [2.05, 4.69) is 50.0 Å². The van der Waals surface area contributed by atoms with Gasteiger partial charge in [0, 0.05) is 11.5 Å². The van der Waals surface area contributed by atoms with Gasteiger partial charge in [0.05, 0.1) is 0 Å². The second kappa shape index (κ2) is 10.5. The van der Waals surface area contributed by atoms with Crippen LogP contribution in [0.25, 0.3) is 0 Å². The summed E-state index contributed by atoms with van der Waals surface area (Å²) in [5.74, 6) is 7.66. The fourth-order valence-corrected chi connectivity index (χ4v) is 4.17. The molecule has 1 saturated carbocycles. The zero-order valence-electron chi connectivity index (χ0n) is 17.4. The van der Waals surface area contributed by atoms with Crippen LogP contribution in [0.4, 0.5) is 4.39 Å². The molecule has 0 heterocycles. The van der Waals surface area contributed by atoms with Crippen LogP contribution in [0.1, 0.15) is 86.5 Å². The number of halogens is 1. The summed E-state index contributed by atoms with van der Waals surface area (Å²) in [5, 5.41) is 0. The van der Waals surface area contributed by atoms with E-state index in [4.69, 9.17) is 0 Å². The van der Waals surface area contributed by atoms with E-state index in [9.17, 15) is 4.39 Å². The van der Waals surface area contributed by atoms with Crippen molar-refractivity contribution < 1.29 is 4.39 Å². The predicted octanol–water partition coefficient (Wildman–Crippen LogP) is 7.58. The minimum Gasteiger partial charge on any atom is -0.207 e. The minimum absolute atomic E-state index is 0.0913. The van der Waals surface area contributed by atoms with Gasteiger partial charge in [-0.3, -0.25) is 0 Å². The lowest BCUT2D eigenvalue weighted by molar-refractivity contribution is 0.384. The highest BCUT2D eigenvalue weighted by molar-refractivity contribution is 5.37. The van der Waals surface area contributed by atoms with Gasteiger partial charge in [-0.15, -0.1) is 0 Å². The Balaban J connectivity index is 1.51. The van der Waals surface area contributed by atoms with Gasteiger partial charge < -0.3 is 0 Å². The molecule has 0 N–H and O–H groups in total. The second-order valence-electron chi connectivity index (χ2n) is 8.35. The van der Waals surface area contributed by atoms with E-state index in [0.29, 0.717) is 11.8 Å². The summed E-state index contributed by atoms with van der Waals surface area (Å²) in [6, 6.07) is 14.5. The third-order valence-electron chi connectivity index (χ3n) is 6.05. The molecule has 0 nitrogen and oxygen atoms in total. The lowest BCUT2D eigenvalue weighted by Crippen LogP contribution is -2.12. The van der Waals surface area contributed by atoms with Crippen LogP contribution in [0.3, 0.4) is 0 Å². The minimum atomic E-state index is -0.0913. The molecule has 0 aliphatic heterocycles. The van der Waals surface area contributed by atoms with E-state index in [0.717, 1.165) is 36.8 Å². The molecule has 1 aliphatic carbocycles. The van der Waals surface area contributed by atoms with Gasteiger partial charge in [0.15, 0.2) is 0 Å². The van der Waals surface area contributed by atoms with E-state index in [1.165, 1.54) is 43.2 Å². The third-order valence-corrected chi connectivity index (χ3v) is 6.05. The Morgan fingerprint density at radius 3 is 2.36 bits per heavy atom. The topological polar surface area (TPSA) is 0 Å². The van der Waals surface area contributed by atoms with Crippen LogP contribution in [-0.4, -0.2) is 0 Å². The summed E-state index contributed by atoms with van der Waals surface area (Å²) in [6.07, 6.45) is 10.2. The molecule has 0 bridgehead atoms. The lowest BCUT2D eigenvalue weighted by atomic mass is 9.79. The molecule has 0 radical (unpaired) electrons. The van der Waals surface area contributed by atoms with Crippen LogP contribution >= 0.6 is 0 Å². The molecule has 3 rings (SSSR count). The Hall–Kier alpha value is -2.07. The number of unbranched alkanes of at least 4 members (excludes halogenated alkanes) is 3. The molecule has 0 amide bonds. The summed E-state index contributed by atoms with van der Waals surface area (Å²) < 4.78 is 14.3. The van der Waals surface area contributed by atoms with E-state index < -0.39 is 0 Å². The third kappa shape index (κ3) is 5.96.